The number of benzene rings is 2. The molecule has 17 heavy (non-hydrogen) atoms. The van der Waals surface area contributed by atoms with Crippen LogP contribution in [-0.4, -0.2) is 10.9 Å². The minimum atomic E-state index is -0.163. The molecular formula is C13H8Cl2O2. The summed E-state index contributed by atoms with van der Waals surface area (Å²) >= 11 is 11.5. The lowest BCUT2D eigenvalue weighted by molar-refractivity contribution is 0.103. The molecule has 0 spiro atoms. The zero-order valence-corrected chi connectivity index (χ0v) is 10.2. The number of rotatable bonds is 2. The summed E-state index contributed by atoms with van der Waals surface area (Å²) in [5.41, 5.74) is 0.950. The summed E-state index contributed by atoms with van der Waals surface area (Å²) in [6.45, 7) is 0. The van der Waals surface area contributed by atoms with Crippen LogP contribution in [0.3, 0.4) is 0 Å². The highest BCUT2D eigenvalue weighted by Crippen LogP contribution is 2.25. The summed E-state index contributed by atoms with van der Waals surface area (Å²) in [7, 11) is 0. The number of phenolic OH excluding ortho intramolecular Hbond substituents is 1. The summed E-state index contributed by atoms with van der Waals surface area (Å²) in [5, 5.41) is 10.0. The maximum atomic E-state index is 12.0. The summed E-state index contributed by atoms with van der Waals surface area (Å²) in [4.78, 5) is 12.0. The van der Waals surface area contributed by atoms with Gasteiger partial charge in [-0.15, -0.1) is 0 Å². The van der Waals surface area contributed by atoms with E-state index >= 15 is 0 Å². The fraction of sp³-hybridized carbons (Fsp3) is 0. The Kier molecular flexibility index (Phi) is 3.36. The maximum Gasteiger partial charge on any atom is 0.193 e. The molecule has 0 unspecified atom stereocenters. The van der Waals surface area contributed by atoms with Crippen LogP contribution in [0.5, 0.6) is 5.75 Å². The van der Waals surface area contributed by atoms with Gasteiger partial charge in [-0.25, -0.2) is 0 Å². The first-order chi connectivity index (χ1) is 8.08. The SMILES string of the molecule is O=C(c1ccc(Cl)cc1)c1ccc(O)c(Cl)c1. The molecule has 0 aliphatic carbocycles. The average molecular weight is 267 g/mol. The molecule has 86 valence electrons. The van der Waals surface area contributed by atoms with Crippen molar-refractivity contribution < 1.29 is 9.90 Å². The van der Waals surface area contributed by atoms with Crippen LogP contribution >= 0.6 is 23.2 Å². The summed E-state index contributed by atoms with van der Waals surface area (Å²) < 4.78 is 0. The van der Waals surface area contributed by atoms with Crippen LogP contribution in [-0.2, 0) is 0 Å². The summed E-state index contributed by atoms with van der Waals surface area (Å²) in [6.07, 6.45) is 0. The van der Waals surface area contributed by atoms with Crippen LogP contribution in [0.1, 0.15) is 15.9 Å². The molecule has 2 nitrogen and oxygen atoms in total. The highest BCUT2D eigenvalue weighted by Gasteiger charge is 2.10. The number of phenols is 1. The van der Waals surface area contributed by atoms with Gasteiger partial charge in [0.2, 0.25) is 0 Å². The lowest BCUT2D eigenvalue weighted by atomic mass is 10.0. The third kappa shape index (κ3) is 2.60. The molecule has 2 rings (SSSR count). The predicted molar refractivity (Wildman–Crippen MR) is 68.0 cm³/mol. The molecule has 0 radical (unpaired) electrons. The van der Waals surface area contributed by atoms with Crippen molar-refractivity contribution in [2.45, 2.75) is 0 Å². The van der Waals surface area contributed by atoms with E-state index in [2.05, 4.69) is 0 Å². The molecule has 0 heterocycles. The van der Waals surface area contributed by atoms with Crippen molar-refractivity contribution in [3.8, 4) is 5.75 Å². The van der Waals surface area contributed by atoms with Gasteiger partial charge in [-0.1, -0.05) is 23.2 Å². The second kappa shape index (κ2) is 4.78. The van der Waals surface area contributed by atoms with E-state index in [-0.39, 0.29) is 16.6 Å². The van der Waals surface area contributed by atoms with Crippen LogP contribution in [0.15, 0.2) is 42.5 Å². The fourth-order valence-electron chi connectivity index (χ4n) is 1.42. The van der Waals surface area contributed by atoms with E-state index in [9.17, 15) is 9.90 Å². The first-order valence-corrected chi connectivity index (χ1v) is 5.62. The molecular weight excluding hydrogens is 259 g/mol. The standard InChI is InChI=1S/C13H8Cl2O2/c14-10-4-1-8(2-5-10)13(17)9-3-6-12(16)11(15)7-9/h1-7,16H. The van der Waals surface area contributed by atoms with Crippen LogP contribution in [0, 0.1) is 0 Å². The highest BCUT2D eigenvalue weighted by molar-refractivity contribution is 6.32. The zero-order chi connectivity index (χ0) is 12.4. The van der Waals surface area contributed by atoms with E-state index in [0.717, 1.165) is 0 Å². The molecule has 2 aromatic rings. The quantitative estimate of drug-likeness (QED) is 0.837. The van der Waals surface area contributed by atoms with Crippen molar-refractivity contribution in [3.05, 3.63) is 63.6 Å². The van der Waals surface area contributed by atoms with E-state index in [4.69, 9.17) is 23.2 Å². The number of hydrogen-bond donors (Lipinski definition) is 1. The molecule has 0 amide bonds. The molecule has 1 N–H and O–H groups in total. The Morgan fingerprint density at radius 1 is 0.941 bits per heavy atom. The molecule has 0 aliphatic rings. The Bertz CT molecular complexity index is 562. The van der Waals surface area contributed by atoms with Gasteiger partial charge in [0.05, 0.1) is 5.02 Å². The van der Waals surface area contributed by atoms with Gasteiger partial charge < -0.3 is 5.11 Å². The van der Waals surface area contributed by atoms with Crippen LogP contribution in [0.25, 0.3) is 0 Å². The van der Waals surface area contributed by atoms with E-state index in [0.29, 0.717) is 16.1 Å². The van der Waals surface area contributed by atoms with Gasteiger partial charge in [0, 0.05) is 16.1 Å². The first-order valence-electron chi connectivity index (χ1n) is 4.87. The van der Waals surface area contributed by atoms with E-state index in [1.54, 1.807) is 24.3 Å². The van der Waals surface area contributed by atoms with E-state index in [1.807, 2.05) is 0 Å². The van der Waals surface area contributed by atoms with Crippen LogP contribution in [0.2, 0.25) is 10.0 Å². The summed E-state index contributed by atoms with van der Waals surface area (Å²) in [5.74, 6) is -0.206. The normalized spacial score (nSPS) is 10.2. The number of carbonyl (C=O) groups excluding carboxylic acids is 1. The van der Waals surface area contributed by atoms with Gasteiger partial charge >= 0.3 is 0 Å². The van der Waals surface area contributed by atoms with E-state index in [1.165, 1.54) is 18.2 Å². The van der Waals surface area contributed by atoms with Crippen molar-refractivity contribution >= 4 is 29.0 Å². The molecule has 2 aromatic carbocycles. The van der Waals surface area contributed by atoms with Crippen molar-refractivity contribution in [2.24, 2.45) is 0 Å². The number of ketones is 1. The van der Waals surface area contributed by atoms with Crippen molar-refractivity contribution in [1.29, 1.82) is 0 Å². The Hall–Kier alpha value is -1.51. The Morgan fingerprint density at radius 2 is 1.53 bits per heavy atom. The lowest BCUT2D eigenvalue weighted by Gasteiger charge is -2.03. The van der Waals surface area contributed by atoms with Crippen LogP contribution < -0.4 is 0 Å². The Balaban J connectivity index is 2.37. The minimum absolute atomic E-state index is 0.0423. The lowest BCUT2D eigenvalue weighted by Crippen LogP contribution is -2.00. The van der Waals surface area contributed by atoms with Gasteiger partial charge in [0.25, 0.3) is 0 Å². The topological polar surface area (TPSA) is 37.3 Å². The molecule has 0 aromatic heterocycles. The Labute approximate surface area is 108 Å². The van der Waals surface area contributed by atoms with E-state index < -0.39 is 0 Å². The largest absolute Gasteiger partial charge is 0.506 e. The van der Waals surface area contributed by atoms with Gasteiger partial charge in [0.1, 0.15) is 5.75 Å². The molecule has 0 saturated heterocycles. The molecule has 4 heteroatoms. The maximum absolute atomic E-state index is 12.0. The molecule has 0 atom stereocenters. The third-order valence-corrected chi connectivity index (χ3v) is 2.87. The van der Waals surface area contributed by atoms with Crippen molar-refractivity contribution in [1.82, 2.24) is 0 Å². The summed E-state index contributed by atoms with van der Waals surface area (Å²) in [6, 6.07) is 10.9. The average Bonchev–Trinajstić information content (AvgIpc) is 2.33. The van der Waals surface area contributed by atoms with Gasteiger partial charge in [0.15, 0.2) is 5.78 Å². The Morgan fingerprint density at radius 3 is 2.12 bits per heavy atom. The fourth-order valence-corrected chi connectivity index (χ4v) is 1.72. The third-order valence-electron chi connectivity index (χ3n) is 2.32. The monoisotopic (exact) mass is 266 g/mol. The number of aromatic hydroxyl groups is 1. The highest BCUT2D eigenvalue weighted by atomic mass is 35.5. The number of hydrogen-bond acceptors (Lipinski definition) is 2. The molecule has 0 fully saturated rings. The molecule has 0 saturated carbocycles. The second-order valence-electron chi connectivity index (χ2n) is 3.50. The molecule has 0 aliphatic heterocycles. The minimum Gasteiger partial charge on any atom is -0.506 e. The number of halogens is 2. The van der Waals surface area contributed by atoms with Crippen molar-refractivity contribution in [2.75, 3.05) is 0 Å². The first kappa shape index (κ1) is 12.0. The predicted octanol–water partition coefficient (Wildman–Crippen LogP) is 3.93. The smallest absolute Gasteiger partial charge is 0.193 e. The van der Waals surface area contributed by atoms with Crippen LogP contribution in [0.4, 0.5) is 0 Å². The number of carbonyl (C=O) groups is 1. The second-order valence-corrected chi connectivity index (χ2v) is 4.35. The van der Waals surface area contributed by atoms with Crippen molar-refractivity contribution in [3.63, 3.8) is 0 Å². The van der Waals surface area contributed by atoms with Gasteiger partial charge in [-0.05, 0) is 42.5 Å². The van der Waals surface area contributed by atoms with Gasteiger partial charge in [-0.3, -0.25) is 4.79 Å². The molecule has 0 bridgehead atoms. The van der Waals surface area contributed by atoms with Gasteiger partial charge in [-0.2, -0.15) is 0 Å². The zero-order valence-electron chi connectivity index (χ0n) is 8.65.